The average Bonchev–Trinajstić information content (AvgIpc) is 3.29. The van der Waals surface area contributed by atoms with Gasteiger partial charge in [-0.15, -0.1) is 0 Å². The second kappa shape index (κ2) is 8.59. The first-order chi connectivity index (χ1) is 16.1. The molecular formula is C27H22N4O2. The first kappa shape index (κ1) is 20.5. The van der Waals surface area contributed by atoms with Crippen molar-refractivity contribution in [2.24, 2.45) is 0 Å². The van der Waals surface area contributed by atoms with Gasteiger partial charge in [-0.2, -0.15) is 5.10 Å². The number of carbonyl (C=O) groups excluding carboxylic acids is 1. The van der Waals surface area contributed by atoms with Gasteiger partial charge in [0.25, 0.3) is 5.91 Å². The Bertz CT molecular complexity index is 1490. The molecule has 162 valence electrons. The lowest BCUT2D eigenvalue weighted by Crippen LogP contribution is -2.30. The molecule has 2 aromatic heterocycles. The highest BCUT2D eigenvalue weighted by Crippen LogP contribution is 2.25. The fourth-order valence-corrected chi connectivity index (χ4v) is 3.94. The maximum absolute atomic E-state index is 13.2. The van der Waals surface area contributed by atoms with E-state index in [1.54, 1.807) is 24.1 Å². The van der Waals surface area contributed by atoms with Crippen molar-refractivity contribution in [2.75, 3.05) is 7.05 Å². The smallest absolute Gasteiger partial charge is 0.259 e. The van der Waals surface area contributed by atoms with Crippen molar-refractivity contribution < 1.29 is 4.79 Å². The maximum Gasteiger partial charge on any atom is 0.259 e. The minimum Gasteiger partial charge on any atom is -0.360 e. The van der Waals surface area contributed by atoms with Gasteiger partial charge in [0.15, 0.2) is 0 Å². The molecule has 0 aliphatic carbocycles. The van der Waals surface area contributed by atoms with Crippen LogP contribution in [0.5, 0.6) is 0 Å². The van der Waals surface area contributed by atoms with Crippen LogP contribution in [0.25, 0.3) is 27.8 Å². The first-order valence-electron chi connectivity index (χ1n) is 10.7. The second-order valence-corrected chi connectivity index (χ2v) is 7.89. The Labute approximate surface area is 190 Å². The van der Waals surface area contributed by atoms with Crippen LogP contribution in [0, 0.1) is 0 Å². The standard InChI is InChI=1S/C27H22N4O2/c1-30(27(33)23-16-28-24-15-9-8-14-22(24)26(23)32)17-20-18-31(21-12-6-3-7-13-21)29-25(20)19-10-4-2-5-11-19/h2-16,18H,17H2,1H3,(H,28,32). The van der Waals surface area contributed by atoms with Crippen LogP contribution in [0.2, 0.25) is 0 Å². The number of pyridine rings is 1. The molecule has 3 aromatic carbocycles. The van der Waals surface area contributed by atoms with Gasteiger partial charge >= 0.3 is 0 Å². The van der Waals surface area contributed by atoms with Gasteiger partial charge in [-0.3, -0.25) is 9.59 Å². The van der Waals surface area contributed by atoms with E-state index in [-0.39, 0.29) is 16.9 Å². The Balaban J connectivity index is 1.51. The van der Waals surface area contributed by atoms with Crippen LogP contribution in [-0.2, 0) is 6.54 Å². The molecule has 0 spiro atoms. The Morgan fingerprint density at radius 2 is 1.61 bits per heavy atom. The van der Waals surface area contributed by atoms with Crippen molar-refractivity contribution in [1.29, 1.82) is 0 Å². The molecule has 1 N–H and O–H groups in total. The summed E-state index contributed by atoms with van der Waals surface area (Å²) >= 11 is 0. The molecule has 6 heteroatoms. The number of hydrogen-bond donors (Lipinski definition) is 1. The summed E-state index contributed by atoms with van der Waals surface area (Å²) in [6.07, 6.45) is 3.43. The average molecular weight is 434 g/mol. The molecule has 0 fully saturated rings. The van der Waals surface area contributed by atoms with Crippen LogP contribution >= 0.6 is 0 Å². The largest absolute Gasteiger partial charge is 0.360 e. The number of rotatable bonds is 5. The van der Waals surface area contributed by atoms with Crippen molar-refractivity contribution in [3.8, 4) is 16.9 Å². The monoisotopic (exact) mass is 434 g/mol. The van der Waals surface area contributed by atoms with Crippen LogP contribution in [0.4, 0.5) is 0 Å². The molecule has 0 unspecified atom stereocenters. The number of para-hydroxylation sites is 2. The third-order valence-electron chi connectivity index (χ3n) is 5.63. The fourth-order valence-electron chi connectivity index (χ4n) is 3.94. The first-order valence-corrected chi connectivity index (χ1v) is 10.7. The van der Waals surface area contributed by atoms with Crippen molar-refractivity contribution >= 4 is 16.8 Å². The normalized spacial score (nSPS) is 10.9. The quantitative estimate of drug-likeness (QED) is 0.438. The molecular weight excluding hydrogens is 412 g/mol. The lowest BCUT2D eigenvalue weighted by atomic mass is 10.1. The van der Waals surface area contributed by atoms with Crippen molar-refractivity contribution in [3.63, 3.8) is 0 Å². The number of aromatic nitrogens is 3. The molecule has 0 aliphatic heterocycles. The summed E-state index contributed by atoms with van der Waals surface area (Å²) in [5.74, 6) is -0.339. The van der Waals surface area contributed by atoms with Gasteiger partial charge in [-0.25, -0.2) is 4.68 Å². The number of H-pyrrole nitrogens is 1. The van der Waals surface area contributed by atoms with Crippen molar-refractivity contribution in [3.05, 3.63) is 119 Å². The molecule has 0 atom stereocenters. The van der Waals surface area contributed by atoms with E-state index in [0.29, 0.717) is 17.4 Å². The lowest BCUT2D eigenvalue weighted by Gasteiger charge is -2.17. The Morgan fingerprint density at radius 1 is 0.939 bits per heavy atom. The van der Waals surface area contributed by atoms with Crippen LogP contribution in [0.15, 0.2) is 102 Å². The van der Waals surface area contributed by atoms with Crippen LogP contribution in [0.1, 0.15) is 15.9 Å². The molecule has 0 radical (unpaired) electrons. The number of amides is 1. The highest BCUT2D eigenvalue weighted by atomic mass is 16.2. The van der Waals surface area contributed by atoms with E-state index in [0.717, 1.165) is 22.5 Å². The van der Waals surface area contributed by atoms with E-state index in [2.05, 4.69) is 4.98 Å². The van der Waals surface area contributed by atoms with E-state index >= 15 is 0 Å². The van der Waals surface area contributed by atoms with Crippen molar-refractivity contribution in [2.45, 2.75) is 6.54 Å². The summed E-state index contributed by atoms with van der Waals surface area (Å²) < 4.78 is 1.82. The third kappa shape index (κ3) is 3.94. The molecule has 33 heavy (non-hydrogen) atoms. The number of carbonyl (C=O) groups is 1. The predicted molar refractivity (Wildman–Crippen MR) is 129 cm³/mol. The predicted octanol–water partition coefficient (Wildman–Crippen LogP) is 4.65. The van der Waals surface area contributed by atoms with Crippen LogP contribution in [-0.4, -0.2) is 32.6 Å². The summed E-state index contributed by atoms with van der Waals surface area (Å²) in [7, 11) is 1.70. The highest BCUT2D eigenvalue weighted by molar-refractivity contribution is 5.97. The number of aromatic amines is 1. The van der Waals surface area contributed by atoms with Gasteiger partial charge in [0.05, 0.1) is 11.4 Å². The summed E-state index contributed by atoms with van der Waals surface area (Å²) in [6, 6.07) is 26.9. The summed E-state index contributed by atoms with van der Waals surface area (Å²) in [4.78, 5) is 30.7. The van der Waals surface area contributed by atoms with Crippen LogP contribution in [0.3, 0.4) is 0 Å². The molecule has 5 rings (SSSR count). The van der Waals surface area contributed by atoms with Crippen LogP contribution < -0.4 is 5.43 Å². The van der Waals surface area contributed by atoms with Crippen molar-refractivity contribution in [1.82, 2.24) is 19.7 Å². The SMILES string of the molecule is CN(Cc1cn(-c2ccccc2)nc1-c1ccccc1)C(=O)c1c[nH]c2ccccc2c1=O. The number of hydrogen-bond acceptors (Lipinski definition) is 3. The minimum absolute atomic E-state index is 0.118. The van der Waals surface area contributed by atoms with E-state index in [4.69, 9.17) is 5.10 Å². The Kier molecular flexibility index (Phi) is 5.32. The zero-order chi connectivity index (χ0) is 22.8. The van der Waals surface area contributed by atoms with Gasteiger partial charge in [-0.1, -0.05) is 60.7 Å². The second-order valence-electron chi connectivity index (χ2n) is 7.89. The van der Waals surface area contributed by atoms with Gasteiger partial charge in [0, 0.05) is 48.0 Å². The zero-order valence-electron chi connectivity index (χ0n) is 18.1. The Morgan fingerprint density at radius 3 is 2.36 bits per heavy atom. The third-order valence-corrected chi connectivity index (χ3v) is 5.63. The molecule has 0 bridgehead atoms. The van der Waals surface area contributed by atoms with E-state index in [1.165, 1.54) is 6.20 Å². The Hall–Kier alpha value is -4.45. The van der Waals surface area contributed by atoms with Gasteiger partial charge in [0.1, 0.15) is 5.56 Å². The lowest BCUT2D eigenvalue weighted by molar-refractivity contribution is 0.0784. The molecule has 1 amide bonds. The van der Waals surface area contributed by atoms with Gasteiger partial charge in [-0.05, 0) is 24.3 Å². The fraction of sp³-hybridized carbons (Fsp3) is 0.0741. The number of fused-ring (bicyclic) bond motifs is 1. The number of nitrogens with zero attached hydrogens (tertiary/aromatic N) is 3. The van der Waals surface area contributed by atoms with Gasteiger partial charge < -0.3 is 9.88 Å². The summed E-state index contributed by atoms with van der Waals surface area (Å²) in [5.41, 5.74) is 4.13. The van der Waals surface area contributed by atoms with E-state index < -0.39 is 0 Å². The molecule has 0 saturated carbocycles. The highest BCUT2D eigenvalue weighted by Gasteiger charge is 2.20. The summed E-state index contributed by atoms with van der Waals surface area (Å²) in [5, 5.41) is 5.30. The maximum atomic E-state index is 13.2. The van der Waals surface area contributed by atoms with E-state index in [9.17, 15) is 9.59 Å². The molecule has 0 saturated heterocycles. The molecule has 6 nitrogen and oxygen atoms in total. The zero-order valence-corrected chi connectivity index (χ0v) is 18.1. The summed E-state index contributed by atoms with van der Waals surface area (Å²) in [6.45, 7) is 0.308. The number of benzene rings is 3. The topological polar surface area (TPSA) is 71.0 Å². The molecule has 5 aromatic rings. The number of nitrogens with one attached hydrogen (secondary N) is 1. The molecule has 2 heterocycles. The van der Waals surface area contributed by atoms with E-state index in [1.807, 2.05) is 83.7 Å². The minimum atomic E-state index is -0.339. The molecule has 0 aliphatic rings. The van der Waals surface area contributed by atoms with Gasteiger partial charge in [0.2, 0.25) is 5.43 Å².